The van der Waals surface area contributed by atoms with Crippen molar-refractivity contribution in [2.24, 2.45) is 0 Å². The SMILES string of the molecule is Cc1cc(C)c(C2CCNCC2)cc1C(=O)O. The molecule has 0 saturated carbocycles. The Morgan fingerprint density at radius 1 is 1.24 bits per heavy atom. The van der Waals surface area contributed by atoms with Gasteiger partial charge in [0.15, 0.2) is 0 Å². The average molecular weight is 233 g/mol. The zero-order valence-electron chi connectivity index (χ0n) is 10.4. The van der Waals surface area contributed by atoms with E-state index >= 15 is 0 Å². The molecule has 0 spiro atoms. The Hall–Kier alpha value is -1.35. The molecule has 1 aromatic carbocycles. The lowest BCUT2D eigenvalue weighted by Gasteiger charge is -2.25. The predicted molar refractivity (Wildman–Crippen MR) is 67.7 cm³/mol. The molecule has 3 heteroatoms. The molecule has 1 saturated heterocycles. The highest BCUT2D eigenvalue weighted by Gasteiger charge is 2.19. The number of carbonyl (C=O) groups is 1. The fourth-order valence-corrected chi connectivity index (χ4v) is 2.67. The number of hydrogen-bond donors (Lipinski definition) is 2. The van der Waals surface area contributed by atoms with E-state index < -0.39 is 5.97 Å². The molecule has 0 aliphatic carbocycles. The summed E-state index contributed by atoms with van der Waals surface area (Å²) in [5, 5.41) is 12.5. The highest BCUT2D eigenvalue weighted by atomic mass is 16.4. The van der Waals surface area contributed by atoms with E-state index in [2.05, 4.69) is 12.2 Å². The molecule has 1 aliphatic heterocycles. The highest BCUT2D eigenvalue weighted by Crippen LogP contribution is 2.29. The Labute approximate surface area is 102 Å². The first kappa shape index (κ1) is 12.1. The third kappa shape index (κ3) is 2.50. The molecule has 0 aromatic heterocycles. The maximum absolute atomic E-state index is 11.2. The van der Waals surface area contributed by atoms with E-state index in [1.165, 1.54) is 11.1 Å². The molecule has 17 heavy (non-hydrogen) atoms. The molecule has 0 amide bonds. The summed E-state index contributed by atoms with van der Waals surface area (Å²) < 4.78 is 0. The first-order chi connectivity index (χ1) is 8.09. The third-order valence-electron chi connectivity index (χ3n) is 3.62. The quantitative estimate of drug-likeness (QED) is 0.825. The summed E-state index contributed by atoms with van der Waals surface area (Å²) in [6.07, 6.45) is 2.20. The number of rotatable bonds is 2. The second-order valence-electron chi connectivity index (χ2n) is 4.85. The van der Waals surface area contributed by atoms with Crippen LogP contribution < -0.4 is 5.32 Å². The van der Waals surface area contributed by atoms with Gasteiger partial charge in [0.1, 0.15) is 0 Å². The van der Waals surface area contributed by atoms with Gasteiger partial charge in [0.25, 0.3) is 0 Å². The Kier molecular flexibility index (Phi) is 3.48. The summed E-state index contributed by atoms with van der Waals surface area (Å²) in [5.41, 5.74) is 3.74. The van der Waals surface area contributed by atoms with Gasteiger partial charge in [-0.25, -0.2) is 4.79 Å². The molecule has 2 N–H and O–H groups in total. The molecule has 1 heterocycles. The van der Waals surface area contributed by atoms with E-state index in [9.17, 15) is 4.79 Å². The first-order valence-electron chi connectivity index (χ1n) is 6.14. The normalized spacial score (nSPS) is 17.1. The van der Waals surface area contributed by atoms with E-state index in [0.29, 0.717) is 11.5 Å². The molecular weight excluding hydrogens is 214 g/mol. The zero-order chi connectivity index (χ0) is 12.4. The van der Waals surface area contributed by atoms with Crippen LogP contribution in [0.3, 0.4) is 0 Å². The second kappa shape index (κ2) is 4.88. The molecule has 0 radical (unpaired) electrons. The van der Waals surface area contributed by atoms with Gasteiger partial charge in [-0.15, -0.1) is 0 Å². The summed E-state index contributed by atoms with van der Waals surface area (Å²) in [5.74, 6) is -0.312. The monoisotopic (exact) mass is 233 g/mol. The standard InChI is InChI=1S/C14H19NO2/c1-9-7-10(2)13(14(16)17)8-12(9)11-3-5-15-6-4-11/h7-8,11,15H,3-6H2,1-2H3,(H,16,17). The molecule has 1 fully saturated rings. The maximum Gasteiger partial charge on any atom is 0.335 e. The van der Waals surface area contributed by atoms with Gasteiger partial charge >= 0.3 is 5.97 Å². The minimum Gasteiger partial charge on any atom is -0.478 e. The van der Waals surface area contributed by atoms with Gasteiger partial charge < -0.3 is 10.4 Å². The van der Waals surface area contributed by atoms with E-state index in [4.69, 9.17) is 5.11 Å². The lowest BCUT2D eigenvalue weighted by atomic mass is 9.85. The molecule has 1 aliphatic rings. The van der Waals surface area contributed by atoms with Crippen molar-refractivity contribution in [3.05, 3.63) is 34.4 Å². The number of hydrogen-bond acceptors (Lipinski definition) is 2. The number of carboxylic acids is 1. The average Bonchev–Trinajstić information content (AvgIpc) is 2.29. The Morgan fingerprint density at radius 2 is 1.88 bits per heavy atom. The summed E-state index contributed by atoms with van der Waals surface area (Å²) in [4.78, 5) is 11.2. The van der Waals surface area contributed by atoms with Crippen LogP contribution in [0.4, 0.5) is 0 Å². The van der Waals surface area contributed by atoms with E-state index in [1.807, 2.05) is 19.1 Å². The van der Waals surface area contributed by atoms with Crippen LogP contribution in [0.25, 0.3) is 0 Å². The fourth-order valence-electron chi connectivity index (χ4n) is 2.67. The lowest BCUT2D eigenvalue weighted by molar-refractivity contribution is 0.0696. The number of aryl methyl sites for hydroxylation is 2. The highest BCUT2D eigenvalue weighted by molar-refractivity contribution is 5.89. The van der Waals surface area contributed by atoms with Crippen molar-refractivity contribution in [3.8, 4) is 0 Å². The Morgan fingerprint density at radius 3 is 2.47 bits per heavy atom. The number of piperidine rings is 1. The molecule has 0 atom stereocenters. The van der Waals surface area contributed by atoms with Crippen LogP contribution in [0.5, 0.6) is 0 Å². The summed E-state index contributed by atoms with van der Waals surface area (Å²) in [6.45, 7) is 6.00. The van der Waals surface area contributed by atoms with Crippen molar-refractivity contribution < 1.29 is 9.90 Å². The molecule has 3 nitrogen and oxygen atoms in total. The van der Waals surface area contributed by atoms with Crippen molar-refractivity contribution in [1.29, 1.82) is 0 Å². The lowest BCUT2D eigenvalue weighted by Crippen LogP contribution is -2.27. The molecule has 2 rings (SSSR count). The van der Waals surface area contributed by atoms with Crippen LogP contribution in [0, 0.1) is 13.8 Å². The van der Waals surface area contributed by atoms with Crippen LogP contribution in [-0.2, 0) is 0 Å². The Balaban J connectivity index is 2.38. The fraction of sp³-hybridized carbons (Fsp3) is 0.500. The minimum atomic E-state index is -0.822. The number of carboxylic acid groups (broad SMARTS) is 1. The van der Waals surface area contributed by atoms with Crippen molar-refractivity contribution >= 4 is 5.97 Å². The zero-order valence-corrected chi connectivity index (χ0v) is 10.4. The van der Waals surface area contributed by atoms with E-state index in [1.54, 1.807) is 0 Å². The van der Waals surface area contributed by atoms with Crippen LogP contribution in [0.2, 0.25) is 0 Å². The van der Waals surface area contributed by atoms with Crippen LogP contribution in [0.15, 0.2) is 12.1 Å². The smallest absolute Gasteiger partial charge is 0.335 e. The van der Waals surface area contributed by atoms with Crippen LogP contribution >= 0.6 is 0 Å². The molecule has 0 unspecified atom stereocenters. The number of benzene rings is 1. The third-order valence-corrected chi connectivity index (χ3v) is 3.62. The minimum absolute atomic E-state index is 0.448. The van der Waals surface area contributed by atoms with Gasteiger partial charge in [-0.1, -0.05) is 6.07 Å². The largest absolute Gasteiger partial charge is 0.478 e. The number of aromatic carboxylic acids is 1. The topological polar surface area (TPSA) is 49.3 Å². The first-order valence-corrected chi connectivity index (χ1v) is 6.14. The predicted octanol–water partition coefficient (Wildman–Crippen LogP) is 2.47. The molecule has 0 bridgehead atoms. The van der Waals surface area contributed by atoms with Gasteiger partial charge in [0.2, 0.25) is 0 Å². The molecular formula is C14H19NO2. The van der Waals surface area contributed by atoms with E-state index in [0.717, 1.165) is 31.5 Å². The van der Waals surface area contributed by atoms with Crippen LogP contribution in [-0.4, -0.2) is 24.2 Å². The summed E-state index contributed by atoms with van der Waals surface area (Å²) in [7, 11) is 0. The number of nitrogens with one attached hydrogen (secondary N) is 1. The summed E-state index contributed by atoms with van der Waals surface area (Å²) >= 11 is 0. The second-order valence-corrected chi connectivity index (χ2v) is 4.85. The van der Waals surface area contributed by atoms with Crippen LogP contribution in [0.1, 0.15) is 45.8 Å². The van der Waals surface area contributed by atoms with Crippen molar-refractivity contribution in [3.63, 3.8) is 0 Å². The van der Waals surface area contributed by atoms with E-state index in [-0.39, 0.29) is 0 Å². The van der Waals surface area contributed by atoms with Crippen molar-refractivity contribution in [2.75, 3.05) is 13.1 Å². The summed E-state index contributed by atoms with van der Waals surface area (Å²) in [6, 6.07) is 3.88. The van der Waals surface area contributed by atoms with Gasteiger partial charge in [-0.05, 0) is 68.5 Å². The van der Waals surface area contributed by atoms with Gasteiger partial charge in [-0.2, -0.15) is 0 Å². The maximum atomic E-state index is 11.2. The molecule has 1 aromatic rings. The Bertz CT molecular complexity index is 434. The van der Waals surface area contributed by atoms with Gasteiger partial charge in [-0.3, -0.25) is 0 Å². The van der Waals surface area contributed by atoms with Gasteiger partial charge in [0.05, 0.1) is 5.56 Å². The van der Waals surface area contributed by atoms with Crippen molar-refractivity contribution in [1.82, 2.24) is 5.32 Å². The molecule has 92 valence electrons. The van der Waals surface area contributed by atoms with Crippen molar-refractivity contribution in [2.45, 2.75) is 32.6 Å². The van der Waals surface area contributed by atoms with Gasteiger partial charge in [0, 0.05) is 0 Å².